The lowest BCUT2D eigenvalue weighted by Gasteiger charge is -2.12. The highest BCUT2D eigenvalue weighted by molar-refractivity contribution is 9.10. The van der Waals surface area contributed by atoms with Gasteiger partial charge in [0.05, 0.1) is 17.7 Å². The van der Waals surface area contributed by atoms with Crippen LogP contribution in [0.5, 0.6) is 17.2 Å². The van der Waals surface area contributed by atoms with Gasteiger partial charge < -0.3 is 14.6 Å². The molecule has 0 radical (unpaired) electrons. The second kappa shape index (κ2) is 3.69. The highest BCUT2D eigenvalue weighted by atomic mass is 79.9. The molecular formula is C10H11BrO3. The number of hydrogen-bond acceptors (Lipinski definition) is 3. The minimum atomic E-state index is 0.171. The van der Waals surface area contributed by atoms with Crippen molar-refractivity contribution in [2.45, 2.75) is 13.3 Å². The first-order chi connectivity index (χ1) is 6.70. The Balaban J connectivity index is 2.57. The summed E-state index contributed by atoms with van der Waals surface area (Å²) in [7, 11) is 0. The van der Waals surface area contributed by atoms with Crippen molar-refractivity contribution >= 4 is 15.9 Å². The van der Waals surface area contributed by atoms with Gasteiger partial charge in [0, 0.05) is 6.42 Å². The summed E-state index contributed by atoms with van der Waals surface area (Å²) in [6.45, 7) is 3.03. The molecule has 1 aromatic rings. The van der Waals surface area contributed by atoms with Crippen molar-refractivity contribution in [1.82, 2.24) is 0 Å². The van der Waals surface area contributed by atoms with Crippen LogP contribution in [0.15, 0.2) is 10.5 Å². The maximum Gasteiger partial charge on any atom is 0.204 e. The van der Waals surface area contributed by atoms with Gasteiger partial charge in [-0.05, 0) is 34.5 Å². The summed E-state index contributed by atoms with van der Waals surface area (Å²) in [6, 6.07) is 1.82. The van der Waals surface area contributed by atoms with Crippen LogP contribution in [0.25, 0.3) is 0 Å². The van der Waals surface area contributed by atoms with Gasteiger partial charge in [-0.25, -0.2) is 0 Å². The van der Waals surface area contributed by atoms with Crippen LogP contribution in [0, 0.1) is 6.92 Å². The van der Waals surface area contributed by atoms with E-state index in [2.05, 4.69) is 15.9 Å². The summed E-state index contributed by atoms with van der Waals surface area (Å²) in [5.74, 6) is 1.23. The van der Waals surface area contributed by atoms with E-state index in [9.17, 15) is 5.11 Å². The second-order valence-corrected chi connectivity index (χ2v) is 4.09. The zero-order valence-corrected chi connectivity index (χ0v) is 9.43. The lowest BCUT2D eigenvalue weighted by molar-refractivity contribution is 0.291. The molecule has 0 aliphatic carbocycles. The first-order valence-corrected chi connectivity index (χ1v) is 5.27. The van der Waals surface area contributed by atoms with E-state index in [0.29, 0.717) is 24.7 Å². The SMILES string of the molecule is Cc1cc(Br)c2c(c1O)OCCCO2. The molecule has 4 heteroatoms. The Kier molecular flexibility index (Phi) is 2.54. The topological polar surface area (TPSA) is 38.7 Å². The van der Waals surface area contributed by atoms with Gasteiger partial charge in [-0.15, -0.1) is 0 Å². The number of phenolic OH excluding ortho intramolecular Hbond substituents is 1. The van der Waals surface area contributed by atoms with E-state index in [0.717, 1.165) is 16.5 Å². The Morgan fingerprint density at radius 2 is 1.93 bits per heavy atom. The number of halogens is 1. The minimum Gasteiger partial charge on any atom is -0.504 e. The van der Waals surface area contributed by atoms with Crippen LogP contribution in [0.1, 0.15) is 12.0 Å². The van der Waals surface area contributed by atoms with E-state index >= 15 is 0 Å². The van der Waals surface area contributed by atoms with Gasteiger partial charge in [-0.1, -0.05) is 0 Å². The smallest absolute Gasteiger partial charge is 0.204 e. The minimum absolute atomic E-state index is 0.171. The standard InChI is InChI=1S/C10H11BrO3/c1-6-5-7(11)9-10(8(6)12)14-4-2-3-13-9/h5,12H,2-4H2,1H3. The van der Waals surface area contributed by atoms with Crippen molar-refractivity contribution in [1.29, 1.82) is 0 Å². The summed E-state index contributed by atoms with van der Waals surface area (Å²) in [6.07, 6.45) is 0.833. The summed E-state index contributed by atoms with van der Waals surface area (Å²) in [4.78, 5) is 0. The molecule has 0 atom stereocenters. The summed E-state index contributed by atoms with van der Waals surface area (Å²) in [5, 5.41) is 9.77. The predicted molar refractivity (Wildman–Crippen MR) is 56.2 cm³/mol. The van der Waals surface area contributed by atoms with Crippen molar-refractivity contribution in [2.75, 3.05) is 13.2 Å². The number of rotatable bonds is 0. The van der Waals surface area contributed by atoms with Crippen LogP contribution >= 0.6 is 15.9 Å². The van der Waals surface area contributed by atoms with Gasteiger partial charge in [0.2, 0.25) is 5.75 Å². The third-order valence-corrected chi connectivity index (χ3v) is 2.73. The molecule has 0 unspecified atom stereocenters. The average Bonchev–Trinajstić information content (AvgIpc) is 2.39. The molecule has 1 N–H and O–H groups in total. The number of aromatic hydroxyl groups is 1. The third kappa shape index (κ3) is 1.54. The lowest BCUT2D eigenvalue weighted by atomic mass is 10.2. The van der Waals surface area contributed by atoms with Crippen molar-refractivity contribution in [3.05, 3.63) is 16.1 Å². The Hall–Kier alpha value is -0.900. The Morgan fingerprint density at radius 1 is 1.29 bits per heavy atom. The number of aryl methyl sites for hydroxylation is 1. The Bertz CT molecular complexity index is 363. The first-order valence-electron chi connectivity index (χ1n) is 4.48. The highest BCUT2D eigenvalue weighted by Crippen LogP contribution is 2.45. The molecule has 0 spiro atoms. The lowest BCUT2D eigenvalue weighted by Crippen LogP contribution is -1.97. The normalized spacial score (nSPS) is 15.0. The number of ether oxygens (including phenoxy) is 2. The molecule has 2 rings (SSSR count). The highest BCUT2D eigenvalue weighted by Gasteiger charge is 2.19. The molecule has 0 saturated heterocycles. The van der Waals surface area contributed by atoms with E-state index < -0.39 is 0 Å². The zero-order valence-electron chi connectivity index (χ0n) is 7.84. The first kappa shape index (κ1) is 9.65. The number of benzene rings is 1. The fourth-order valence-corrected chi connectivity index (χ4v) is 2.03. The molecular weight excluding hydrogens is 248 g/mol. The van der Waals surface area contributed by atoms with Gasteiger partial charge in [0.1, 0.15) is 0 Å². The quantitative estimate of drug-likeness (QED) is 0.778. The van der Waals surface area contributed by atoms with Crippen LogP contribution in [-0.4, -0.2) is 18.3 Å². The van der Waals surface area contributed by atoms with Crippen molar-refractivity contribution in [3.8, 4) is 17.2 Å². The summed E-state index contributed by atoms with van der Waals surface area (Å²) >= 11 is 3.39. The fraction of sp³-hybridized carbons (Fsp3) is 0.400. The molecule has 0 saturated carbocycles. The molecule has 0 aromatic heterocycles. The summed E-state index contributed by atoms with van der Waals surface area (Å²) < 4.78 is 11.7. The van der Waals surface area contributed by atoms with Crippen LogP contribution in [0.3, 0.4) is 0 Å². The molecule has 1 aromatic carbocycles. The molecule has 0 bridgehead atoms. The van der Waals surface area contributed by atoms with Crippen LogP contribution in [0.2, 0.25) is 0 Å². The van der Waals surface area contributed by atoms with Gasteiger partial charge in [-0.3, -0.25) is 0 Å². The van der Waals surface area contributed by atoms with E-state index in [1.165, 1.54) is 0 Å². The molecule has 1 aliphatic heterocycles. The summed E-state index contributed by atoms with van der Waals surface area (Å²) in [5.41, 5.74) is 0.779. The molecule has 0 amide bonds. The average molecular weight is 259 g/mol. The molecule has 14 heavy (non-hydrogen) atoms. The molecule has 3 nitrogen and oxygen atoms in total. The maximum atomic E-state index is 9.77. The van der Waals surface area contributed by atoms with Crippen molar-refractivity contribution < 1.29 is 14.6 Å². The number of phenols is 1. The van der Waals surface area contributed by atoms with E-state index in [-0.39, 0.29) is 5.75 Å². The number of fused-ring (bicyclic) bond motifs is 1. The van der Waals surface area contributed by atoms with Crippen LogP contribution in [0.4, 0.5) is 0 Å². The van der Waals surface area contributed by atoms with Gasteiger partial charge in [0.15, 0.2) is 11.5 Å². The van der Waals surface area contributed by atoms with Crippen molar-refractivity contribution in [3.63, 3.8) is 0 Å². The Labute approximate surface area is 90.8 Å². The Morgan fingerprint density at radius 3 is 2.64 bits per heavy atom. The monoisotopic (exact) mass is 258 g/mol. The van der Waals surface area contributed by atoms with Gasteiger partial charge in [0.25, 0.3) is 0 Å². The molecule has 1 heterocycles. The van der Waals surface area contributed by atoms with E-state index in [4.69, 9.17) is 9.47 Å². The van der Waals surface area contributed by atoms with Crippen LogP contribution < -0.4 is 9.47 Å². The zero-order chi connectivity index (χ0) is 10.1. The van der Waals surface area contributed by atoms with Gasteiger partial charge >= 0.3 is 0 Å². The van der Waals surface area contributed by atoms with E-state index in [1.807, 2.05) is 13.0 Å². The molecule has 1 aliphatic rings. The van der Waals surface area contributed by atoms with Crippen LogP contribution in [-0.2, 0) is 0 Å². The third-order valence-electron chi connectivity index (χ3n) is 2.14. The molecule has 0 fully saturated rings. The largest absolute Gasteiger partial charge is 0.504 e. The molecule has 76 valence electrons. The second-order valence-electron chi connectivity index (χ2n) is 3.23. The van der Waals surface area contributed by atoms with E-state index in [1.54, 1.807) is 0 Å². The number of hydrogen-bond donors (Lipinski definition) is 1. The predicted octanol–water partition coefficient (Wildman–Crippen LogP) is 2.62. The van der Waals surface area contributed by atoms with Crippen molar-refractivity contribution in [2.24, 2.45) is 0 Å². The van der Waals surface area contributed by atoms with Gasteiger partial charge in [-0.2, -0.15) is 0 Å². The fourth-order valence-electron chi connectivity index (χ4n) is 1.39. The maximum absolute atomic E-state index is 9.77.